The zero-order valence-electron chi connectivity index (χ0n) is 17.1. The van der Waals surface area contributed by atoms with E-state index in [0.29, 0.717) is 29.8 Å². The van der Waals surface area contributed by atoms with Gasteiger partial charge in [0.1, 0.15) is 0 Å². The highest BCUT2D eigenvalue weighted by Gasteiger charge is 2.23. The van der Waals surface area contributed by atoms with Gasteiger partial charge in [0.15, 0.2) is 11.5 Å². The maximum absolute atomic E-state index is 5.98. The standard InChI is InChI=1S/C23H28N2O3S/c1-26-19-8-5-9-20(27-2)22(19)28-16-6-13-25-14-11-17(12-15-25)23-24-18-7-3-4-10-21(18)29-23/h3-5,7-10,17H,6,11-16H2,1-2H3. The molecule has 3 aromatic rings. The van der Waals surface area contributed by atoms with Gasteiger partial charge < -0.3 is 19.1 Å². The van der Waals surface area contributed by atoms with Gasteiger partial charge in [0.2, 0.25) is 5.75 Å². The molecule has 2 aromatic carbocycles. The molecule has 1 aliphatic heterocycles. The molecule has 0 radical (unpaired) electrons. The number of rotatable bonds is 8. The van der Waals surface area contributed by atoms with Crippen LogP contribution in [-0.2, 0) is 0 Å². The fraction of sp³-hybridized carbons (Fsp3) is 0.435. The lowest BCUT2D eigenvalue weighted by atomic mass is 9.97. The van der Waals surface area contributed by atoms with Crippen molar-refractivity contribution in [3.63, 3.8) is 0 Å². The van der Waals surface area contributed by atoms with E-state index in [1.54, 1.807) is 14.2 Å². The summed E-state index contributed by atoms with van der Waals surface area (Å²) in [6, 6.07) is 14.1. The van der Waals surface area contributed by atoms with Crippen LogP contribution in [0.1, 0.15) is 30.2 Å². The Morgan fingerprint density at radius 1 is 1.00 bits per heavy atom. The van der Waals surface area contributed by atoms with Crippen LogP contribution >= 0.6 is 11.3 Å². The Kier molecular flexibility index (Phi) is 6.52. The lowest BCUT2D eigenvalue weighted by molar-refractivity contribution is 0.189. The van der Waals surface area contributed by atoms with Gasteiger partial charge in [-0.3, -0.25) is 0 Å². The van der Waals surface area contributed by atoms with E-state index in [2.05, 4.69) is 29.2 Å². The van der Waals surface area contributed by atoms with Crippen molar-refractivity contribution in [1.82, 2.24) is 9.88 Å². The molecule has 4 rings (SSSR count). The highest BCUT2D eigenvalue weighted by molar-refractivity contribution is 7.18. The molecule has 0 atom stereocenters. The van der Waals surface area contributed by atoms with Crippen molar-refractivity contribution in [2.45, 2.75) is 25.2 Å². The average Bonchev–Trinajstić information content (AvgIpc) is 3.21. The zero-order valence-corrected chi connectivity index (χ0v) is 17.9. The van der Waals surface area contributed by atoms with E-state index in [1.807, 2.05) is 29.5 Å². The minimum Gasteiger partial charge on any atom is -0.493 e. The van der Waals surface area contributed by atoms with E-state index < -0.39 is 0 Å². The molecular weight excluding hydrogens is 384 g/mol. The molecule has 6 heteroatoms. The molecule has 5 nitrogen and oxygen atoms in total. The van der Waals surface area contributed by atoms with Crippen molar-refractivity contribution >= 4 is 21.6 Å². The Labute approximate surface area is 176 Å². The van der Waals surface area contributed by atoms with E-state index in [1.165, 1.54) is 22.5 Å². The van der Waals surface area contributed by atoms with Gasteiger partial charge in [0.25, 0.3) is 0 Å². The van der Waals surface area contributed by atoms with Gasteiger partial charge in [-0.05, 0) is 56.6 Å². The van der Waals surface area contributed by atoms with E-state index in [4.69, 9.17) is 19.2 Å². The predicted octanol–water partition coefficient (Wildman–Crippen LogP) is 4.96. The van der Waals surface area contributed by atoms with Crippen molar-refractivity contribution in [3.05, 3.63) is 47.5 Å². The van der Waals surface area contributed by atoms with Crippen molar-refractivity contribution < 1.29 is 14.2 Å². The van der Waals surface area contributed by atoms with Gasteiger partial charge in [-0.15, -0.1) is 11.3 Å². The lowest BCUT2D eigenvalue weighted by Crippen LogP contribution is -2.34. The number of hydrogen-bond acceptors (Lipinski definition) is 6. The van der Waals surface area contributed by atoms with E-state index >= 15 is 0 Å². The largest absolute Gasteiger partial charge is 0.493 e. The second-order valence-electron chi connectivity index (χ2n) is 7.33. The summed E-state index contributed by atoms with van der Waals surface area (Å²) in [5.74, 6) is 2.70. The summed E-state index contributed by atoms with van der Waals surface area (Å²) in [7, 11) is 3.30. The summed E-state index contributed by atoms with van der Waals surface area (Å²) in [6.07, 6.45) is 3.34. The van der Waals surface area contributed by atoms with Crippen LogP contribution in [0.2, 0.25) is 0 Å². The summed E-state index contributed by atoms with van der Waals surface area (Å²) in [6.45, 7) is 3.94. The molecule has 1 saturated heterocycles. The topological polar surface area (TPSA) is 43.8 Å². The highest BCUT2D eigenvalue weighted by Crippen LogP contribution is 2.37. The van der Waals surface area contributed by atoms with Gasteiger partial charge in [0, 0.05) is 12.5 Å². The summed E-state index contributed by atoms with van der Waals surface area (Å²) in [4.78, 5) is 7.39. The molecule has 0 unspecified atom stereocenters. The minimum absolute atomic E-state index is 0.595. The minimum atomic E-state index is 0.595. The molecule has 0 saturated carbocycles. The van der Waals surface area contributed by atoms with Crippen LogP contribution in [0.3, 0.4) is 0 Å². The number of aromatic nitrogens is 1. The van der Waals surface area contributed by atoms with Crippen LogP contribution in [0.5, 0.6) is 17.2 Å². The number of benzene rings is 2. The molecule has 154 valence electrons. The number of nitrogens with zero attached hydrogens (tertiary/aromatic N) is 2. The van der Waals surface area contributed by atoms with Gasteiger partial charge in [-0.25, -0.2) is 4.98 Å². The van der Waals surface area contributed by atoms with Crippen molar-refractivity contribution in [3.8, 4) is 17.2 Å². The smallest absolute Gasteiger partial charge is 0.203 e. The van der Waals surface area contributed by atoms with E-state index in [-0.39, 0.29) is 0 Å². The van der Waals surface area contributed by atoms with Gasteiger partial charge in [0.05, 0.1) is 36.1 Å². The number of para-hydroxylation sites is 2. The van der Waals surface area contributed by atoms with Crippen molar-refractivity contribution in [2.75, 3.05) is 40.5 Å². The number of piperidine rings is 1. The first-order chi connectivity index (χ1) is 14.3. The number of methoxy groups -OCH3 is 2. The third-order valence-electron chi connectivity index (χ3n) is 5.49. The Hall–Kier alpha value is -2.31. The lowest BCUT2D eigenvalue weighted by Gasteiger charge is -2.31. The Bertz CT molecular complexity index is 880. The molecular formula is C23H28N2O3S. The Morgan fingerprint density at radius 2 is 1.72 bits per heavy atom. The number of ether oxygens (including phenoxy) is 3. The van der Waals surface area contributed by atoms with Crippen molar-refractivity contribution in [1.29, 1.82) is 0 Å². The summed E-state index contributed by atoms with van der Waals surface area (Å²) in [5.41, 5.74) is 1.14. The van der Waals surface area contributed by atoms with Gasteiger partial charge >= 0.3 is 0 Å². The summed E-state index contributed by atoms with van der Waals surface area (Å²) < 4.78 is 18.1. The first-order valence-electron chi connectivity index (χ1n) is 10.2. The number of thiazole rings is 1. The molecule has 1 aromatic heterocycles. The number of fused-ring (bicyclic) bond motifs is 1. The Balaban J connectivity index is 1.24. The quantitative estimate of drug-likeness (QED) is 0.489. The molecule has 29 heavy (non-hydrogen) atoms. The molecule has 0 spiro atoms. The normalized spacial score (nSPS) is 15.5. The molecule has 0 amide bonds. The maximum atomic E-state index is 5.98. The summed E-state index contributed by atoms with van der Waals surface area (Å²) in [5, 5.41) is 1.30. The van der Waals surface area contributed by atoms with Crippen LogP contribution in [0.25, 0.3) is 10.2 Å². The molecule has 0 aliphatic carbocycles. The first kappa shape index (κ1) is 20.0. The van der Waals surface area contributed by atoms with Crippen LogP contribution in [0.15, 0.2) is 42.5 Å². The fourth-order valence-electron chi connectivity index (χ4n) is 3.89. The summed E-state index contributed by atoms with van der Waals surface area (Å²) >= 11 is 1.86. The second-order valence-corrected chi connectivity index (χ2v) is 8.39. The average molecular weight is 413 g/mol. The molecule has 0 bridgehead atoms. The highest BCUT2D eigenvalue weighted by atomic mass is 32.1. The number of hydrogen-bond donors (Lipinski definition) is 0. The third kappa shape index (κ3) is 4.65. The van der Waals surface area contributed by atoms with Crippen molar-refractivity contribution in [2.24, 2.45) is 0 Å². The second kappa shape index (κ2) is 9.46. The van der Waals surface area contributed by atoms with Gasteiger partial charge in [-0.2, -0.15) is 0 Å². The molecule has 1 fully saturated rings. The Morgan fingerprint density at radius 3 is 2.41 bits per heavy atom. The van der Waals surface area contributed by atoms with Crippen LogP contribution in [0.4, 0.5) is 0 Å². The predicted molar refractivity (Wildman–Crippen MR) is 118 cm³/mol. The SMILES string of the molecule is COc1cccc(OC)c1OCCCN1CCC(c2nc3ccccc3s2)CC1. The fourth-order valence-corrected chi connectivity index (χ4v) is 5.03. The molecule has 1 aliphatic rings. The monoisotopic (exact) mass is 412 g/mol. The van der Waals surface area contributed by atoms with Crippen LogP contribution in [-0.4, -0.2) is 50.3 Å². The van der Waals surface area contributed by atoms with E-state index in [0.717, 1.165) is 31.6 Å². The van der Waals surface area contributed by atoms with Crippen LogP contribution in [0, 0.1) is 0 Å². The zero-order chi connectivity index (χ0) is 20.1. The third-order valence-corrected chi connectivity index (χ3v) is 6.69. The van der Waals surface area contributed by atoms with E-state index in [9.17, 15) is 0 Å². The van der Waals surface area contributed by atoms with Gasteiger partial charge in [-0.1, -0.05) is 18.2 Å². The first-order valence-corrected chi connectivity index (χ1v) is 11.0. The van der Waals surface area contributed by atoms with Crippen LogP contribution < -0.4 is 14.2 Å². The molecule has 2 heterocycles. The maximum Gasteiger partial charge on any atom is 0.203 e. The number of likely N-dealkylation sites (tertiary alicyclic amines) is 1. The molecule has 0 N–H and O–H groups in total.